The van der Waals surface area contributed by atoms with Crippen LogP contribution in [0.4, 0.5) is 0 Å². The molecule has 0 aromatic heterocycles. The molecule has 1 aliphatic heterocycles. The van der Waals surface area contributed by atoms with E-state index in [-0.39, 0.29) is 16.7 Å². The van der Waals surface area contributed by atoms with Gasteiger partial charge in [-0.05, 0) is 20.3 Å². The summed E-state index contributed by atoms with van der Waals surface area (Å²) in [4.78, 5) is 13.4. The van der Waals surface area contributed by atoms with Crippen LogP contribution >= 0.6 is 12.6 Å². The molecule has 3 heteroatoms. The molecular weight excluding hydrogens is 170 g/mol. The monoisotopic (exact) mass is 187 g/mol. The fourth-order valence-electron chi connectivity index (χ4n) is 1.46. The lowest BCUT2D eigenvalue weighted by molar-refractivity contribution is -0.132. The molecule has 1 atom stereocenters. The minimum absolute atomic E-state index is 0.00850. The van der Waals surface area contributed by atoms with Crippen molar-refractivity contribution >= 4 is 18.5 Å². The van der Waals surface area contributed by atoms with E-state index in [0.29, 0.717) is 6.42 Å². The second-order valence-electron chi connectivity index (χ2n) is 4.03. The van der Waals surface area contributed by atoms with Crippen molar-refractivity contribution in [1.29, 1.82) is 0 Å². The van der Waals surface area contributed by atoms with Gasteiger partial charge in [0.25, 0.3) is 0 Å². The maximum absolute atomic E-state index is 11.5. The van der Waals surface area contributed by atoms with Crippen molar-refractivity contribution in [3.05, 3.63) is 0 Å². The number of carbonyl (C=O) groups is 1. The lowest BCUT2D eigenvalue weighted by Crippen LogP contribution is -2.44. The van der Waals surface area contributed by atoms with Crippen LogP contribution in [0.1, 0.15) is 33.6 Å². The van der Waals surface area contributed by atoms with E-state index in [1.165, 1.54) is 0 Å². The minimum Gasteiger partial charge on any atom is -0.336 e. The van der Waals surface area contributed by atoms with Crippen LogP contribution in [0.25, 0.3) is 0 Å². The molecule has 1 rings (SSSR count). The van der Waals surface area contributed by atoms with E-state index in [0.717, 1.165) is 13.0 Å². The third-order valence-corrected chi connectivity index (χ3v) is 3.05. The predicted octanol–water partition coefficient (Wildman–Crippen LogP) is 1.71. The SMILES string of the molecule is CCC(C)(C)N1CC(S)CC1=O. The number of carbonyl (C=O) groups excluding carboxylic acids is 1. The van der Waals surface area contributed by atoms with Gasteiger partial charge >= 0.3 is 0 Å². The molecule has 1 heterocycles. The summed E-state index contributed by atoms with van der Waals surface area (Å²) in [6, 6.07) is 0. The Bertz CT molecular complexity index is 191. The Morgan fingerprint density at radius 3 is 2.58 bits per heavy atom. The Balaban J connectivity index is 2.70. The van der Waals surface area contributed by atoms with Gasteiger partial charge in [0, 0.05) is 23.8 Å². The van der Waals surface area contributed by atoms with Crippen LogP contribution in [0.15, 0.2) is 0 Å². The summed E-state index contributed by atoms with van der Waals surface area (Å²) in [6.07, 6.45) is 1.60. The number of rotatable bonds is 2. The molecule has 1 aliphatic rings. The summed E-state index contributed by atoms with van der Waals surface area (Å²) >= 11 is 4.32. The van der Waals surface area contributed by atoms with Gasteiger partial charge in [-0.25, -0.2) is 0 Å². The number of thiol groups is 1. The summed E-state index contributed by atoms with van der Waals surface area (Å²) in [6.45, 7) is 7.13. The van der Waals surface area contributed by atoms with E-state index >= 15 is 0 Å². The van der Waals surface area contributed by atoms with E-state index in [4.69, 9.17) is 0 Å². The van der Waals surface area contributed by atoms with Crippen molar-refractivity contribution in [1.82, 2.24) is 4.90 Å². The van der Waals surface area contributed by atoms with E-state index in [1.54, 1.807) is 0 Å². The highest BCUT2D eigenvalue weighted by Gasteiger charge is 2.36. The molecule has 0 saturated carbocycles. The second kappa shape index (κ2) is 3.29. The predicted molar refractivity (Wildman–Crippen MR) is 53.5 cm³/mol. The van der Waals surface area contributed by atoms with Crippen LogP contribution < -0.4 is 0 Å². The largest absolute Gasteiger partial charge is 0.336 e. The smallest absolute Gasteiger partial charge is 0.224 e. The summed E-state index contributed by atoms with van der Waals surface area (Å²) in [5.41, 5.74) is 0.00850. The Labute approximate surface area is 79.7 Å². The fourth-order valence-corrected chi connectivity index (χ4v) is 1.78. The van der Waals surface area contributed by atoms with Crippen molar-refractivity contribution in [2.75, 3.05) is 6.54 Å². The Hall–Kier alpha value is -0.180. The lowest BCUT2D eigenvalue weighted by atomic mass is 10.00. The molecular formula is C9H17NOS. The first-order valence-corrected chi connectivity index (χ1v) is 4.97. The number of hydrogen-bond acceptors (Lipinski definition) is 2. The van der Waals surface area contributed by atoms with Gasteiger partial charge in [0.15, 0.2) is 0 Å². The van der Waals surface area contributed by atoms with Crippen molar-refractivity contribution in [3.8, 4) is 0 Å². The molecule has 1 fully saturated rings. The molecule has 1 saturated heterocycles. The third kappa shape index (κ3) is 1.76. The molecule has 1 amide bonds. The maximum Gasteiger partial charge on any atom is 0.224 e. The first-order valence-electron chi connectivity index (χ1n) is 4.46. The van der Waals surface area contributed by atoms with Gasteiger partial charge in [-0.3, -0.25) is 4.79 Å². The average Bonchev–Trinajstić information content (AvgIpc) is 2.31. The topological polar surface area (TPSA) is 20.3 Å². The third-order valence-electron chi connectivity index (χ3n) is 2.70. The van der Waals surface area contributed by atoms with Crippen molar-refractivity contribution in [2.45, 2.75) is 44.4 Å². The summed E-state index contributed by atoms with van der Waals surface area (Å²) in [5, 5.41) is 0.239. The normalized spacial score (nSPS) is 25.2. The zero-order valence-corrected chi connectivity index (χ0v) is 8.90. The van der Waals surface area contributed by atoms with Gasteiger partial charge in [0.05, 0.1) is 0 Å². The minimum atomic E-state index is 0.00850. The molecule has 0 spiro atoms. The van der Waals surface area contributed by atoms with Crippen LogP contribution in [-0.2, 0) is 4.79 Å². The number of hydrogen-bond donors (Lipinski definition) is 1. The van der Waals surface area contributed by atoms with Crippen molar-refractivity contribution in [3.63, 3.8) is 0 Å². The van der Waals surface area contributed by atoms with E-state index < -0.39 is 0 Å². The molecule has 0 N–H and O–H groups in total. The molecule has 0 radical (unpaired) electrons. The number of nitrogens with zero attached hydrogens (tertiary/aromatic N) is 1. The van der Waals surface area contributed by atoms with Crippen molar-refractivity contribution in [2.24, 2.45) is 0 Å². The highest BCUT2D eigenvalue weighted by Crippen LogP contribution is 2.26. The van der Waals surface area contributed by atoms with E-state index in [9.17, 15) is 4.79 Å². The van der Waals surface area contributed by atoms with Crippen LogP contribution in [0, 0.1) is 0 Å². The van der Waals surface area contributed by atoms with Crippen LogP contribution in [0.2, 0.25) is 0 Å². The highest BCUT2D eigenvalue weighted by molar-refractivity contribution is 7.81. The molecule has 2 nitrogen and oxygen atoms in total. The molecule has 0 bridgehead atoms. The van der Waals surface area contributed by atoms with Gasteiger partial charge in [0.2, 0.25) is 5.91 Å². The standard InChI is InChI=1S/C9H17NOS/c1-4-9(2,3)10-6-7(12)5-8(10)11/h7,12H,4-6H2,1-3H3. The molecule has 0 aliphatic carbocycles. The van der Waals surface area contributed by atoms with Gasteiger partial charge in [-0.2, -0.15) is 12.6 Å². The Morgan fingerprint density at radius 1 is 1.67 bits per heavy atom. The fraction of sp³-hybridized carbons (Fsp3) is 0.889. The molecule has 1 unspecified atom stereocenters. The van der Waals surface area contributed by atoms with Gasteiger partial charge in [0.1, 0.15) is 0 Å². The zero-order valence-electron chi connectivity index (χ0n) is 8.00. The first-order chi connectivity index (χ1) is 5.47. The summed E-state index contributed by atoms with van der Waals surface area (Å²) < 4.78 is 0. The molecule has 12 heavy (non-hydrogen) atoms. The van der Waals surface area contributed by atoms with Crippen LogP contribution in [0.5, 0.6) is 0 Å². The lowest BCUT2D eigenvalue weighted by Gasteiger charge is -2.34. The summed E-state index contributed by atoms with van der Waals surface area (Å²) in [5.74, 6) is 0.252. The van der Waals surface area contributed by atoms with E-state index in [1.807, 2.05) is 4.90 Å². The van der Waals surface area contributed by atoms with Gasteiger partial charge in [-0.15, -0.1) is 0 Å². The van der Waals surface area contributed by atoms with Crippen LogP contribution in [-0.4, -0.2) is 28.1 Å². The first kappa shape index (κ1) is 9.90. The molecule has 0 aromatic rings. The quantitative estimate of drug-likeness (QED) is 0.652. The van der Waals surface area contributed by atoms with E-state index in [2.05, 4.69) is 33.4 Å². The number of likely N-dealkylation sites (tertiary alicyclic amines) is 1. The van der Waals surface area contributed by atoms with Crippen LogP contribution in [0.3, 0.4) is 0 Å². The Kier molecular flexibility index (Phi) is 2.71. The maximum atomic E-state index is 11.5. The Morgan fingerprint density at radius 2 is 2.25 bits per heavy atom. The second-order valence-corrected chi connectivity index (χ2v) is 4.76. The average molecular weight is 187 g/mol. The van der Waals surface area contributed by atoms with Gasteiger partial charge < -0.3 is 4.90 Å². The molecule has 70 valence electrons. The van der Waals surface area contributed by atoms with Gasteiger partial charge in [-0.1, -0.05) is 6.92 Å². The number of amides is 1. The zero-order chi connectivity index (χ0) is 9.35. The summed E-state index contributed by atoms with van der Waals surface area (Å²) in [7, 11) is 0. The van der Waals surface area contributed by atoms with Crippen molar-refractivity contribution < 1.29 is 4.79 Å². The highest BCUT2D eigenvalue weighted by atomic mass is 32.1. The molecule has 0 aromatic carbocycles.